The van der Waals surface area contributed by atoms with Crippen LogP contribution in [0.15, 0.2) is 0 Å². The van der Waals surface area contributed by atoms with E-state index in [-0.39, 0.29) is 24.1 Å². The van der Waals surface area contributed by atoms with Gasteiger partial charge in [0.05, 0.1) is 0 Å². The van der Waals surface area contributed by atoms with E-state index in [1.807, 2.05) is 0 Å². The van der Waals surface area contributed by atoms with Crippen LogP contribution < -0.4 is 16.0 Å². The first-order chi connectivity index (χ1) is 12.7. The molecule has 0 spiro atoms. The van der Waals surface area contributed by atoms with Crippen LogP contribution in [0.25, 0.3) is 0 Å². The van der Waals surface area contributed by atoms with Crippen molar-refractivity contribution in [3.8, 4) is 0 Å². The Morgan fingerprint density at radius 3 is 1.04 bits per heavy atom. The summed E-state index contributed by atoms with van der Waals surface area (Å²) in [5.41, 5.74) is 0. The average molecular weight is 366 g/mol. The number of carbonyl (C=O) groups is 2. The summed E-state index contributed by atoms with van der Waals surface area (Å²) in [5.74, 6) is 0. The van der Waals surface area contributed by atoms with Crippen LogP contribution in [0.1, 0.15) is 109 Å². The van der Waals surface area contributed by atoms with Gasteiger partial charge in [-0.05, 0) is 25.7 Å². The second-order valence-corrected chi connectivity index (χ2v) is 8.22. The van der Waals surface area contributed by atoms with Gasteiger partial charge in [0.1, 0.15) is 0 Å². The molecule has 150 valence electrons. The van der Waals surface area contributed by atoms with Crippen LogP contribution >= 0.6 is 0 Å². The van der Waals surface area contributed by atoms with E-state index in [4.69, 9.17) is 0 Å². The normalized spacial score (nSPS) is 22.3. The molecule has 2 fully saturated rings. The minimum absolute atomic E-state index is 0.200. The molecule has 0 radical (unpaired) electrons. The molecule has 0 atom stereocenters. The highest BCUT2D eigenvalue weighted by atomic mass is 16.2. The van der Waals surface area contributed by atoms with Crippen molar-refractivity contribution in [2.24, 2.45) is 0 Å². The lowest BCUT2D eigenvalue weighted by Crippen LogP contribution is -2.50. The summed E-state index contributed by atoms with van der Waals surface area (Å²) in [4.78, 5) is 24.4. The predicted octanol–water partition coefficient (Wildman–Crippen LogP) is 5.39. The lowest BCUT2D eigenvalue weighted by atomic mass is 9.97. The fourth-order valence-electron chi connectivity index (χ4n) is 4.28. The van der Waals surface area contributed by atoms with Crippen molar-refractivity contribution in [1.82, 2.24) is 16.0 Å². The standard InChI is InChI=1S/C21H39N3O2/c25-20(22-18-14-10-6-2-1-3-7-11-15-18)24-21(26)23-19-16-12-8-4-5-9-13-17-19/h18-19H,1-17H2,(H3,22,23,24,25,26). The number of urea groups is 2. The van der Waals surface area contributed by atoms with Crippen LogP contribution in [0, 0.1) is 0 Å². The highest BCUT2D eigenvalue weighted by Crippen LogP contribution is 2.18. The van der Waals surface area contributed by atoms with Gasteiger partial charge in [0, 0.05) is 12.1 Å². The fourth-order valence-corrected chi connectivity index (χ4v) is 4.28. The Bertz CT molecular complexity index is 394. The summed E-state index contributed by atoms with van der Waals surface area (Å²) < 4.78 is 0. The molecular weight excluding hydrogens is 326 g/mol. The molecular formula is C21H39N3O2. The van der Waals surface area contributed by atoms with E-state index in [0.717, 1.165) is 25.7 Å². The Kier molecular flexibility index (Phi) is 10.5. The Labute approximate surface area is 159 Å². The van der Waals surface area contributed by atoms with Gasteiger partial charge in [-0.1, -0.05) is 83.5 Å². The van der Waals surface area contributed by atoms with E-state index in [1.165, 1.54) is 83.5 Å². The maximum Gasteiger partial charge on any atom is 0.323 e. The molecule has 3 N–H and O–H groups in total. The van der Waals surface area contributed by atoms with Gasteiger partial charge in [0.2, 0.25) is 0 Å². The largest absolute Gasteiger partial charge is 0.335 e. The third-order valence-electron chi connectivity index (χ3n) is 5.86. The number of hydrogen-bond donors (Lipinski definition) is 3. The van der Waals surface area contributed by atoms with E-state index in [0.29, 0.717) is 0 Å². The summed E-state index contributed by atoms with van der Waals surface area (Å²) in [7, 11) is 0. The number of amides is 4. The number of carbonyl (C=O) groups excluding carboxylic acids is 2. The van der Waals surface area contributed by atoms with Gasteiger partial charge in [-0.2, -0.15) is 0 Å². The quantitative estimate of drug-likeness (QED) is 0.614. The van der Waals surface area contributed by atoms with Crippen molar-refractivity contribution in [3.05, 3.63) is 0 Å². The SMILES string of the molecule is O=C(NC(=O)NC1CCCCCCCC1)NC1CCCCCCCCC1. The minimum Gasteiger partial charge on any atom is -0.335 e. The number of nitrogens with one attached hydrogen (secondary N) is 3. The lowest BCUT2D eigenvalue weighted by Gasteiger charge is -2.21. The Hall–Kier alpha value is -1.26. The monoisotopic (exact) mass is 365 g/mol. The number of imide groups is 1. The molecule has 0 aromatic heterocycles. The summed E-state index contributed by atoms with van der Waals surface area (Å²) in [6.07, 6.45) is 20.4. The summed E-state index contributed by atoms with van der Waals surface area (Å²) in [6, 6.07) is -0.278. The molecule has 5 nitrogen and oxygen atoms in total. The first-order valence-electron chi connectivity index (χ1n) is 11.1. The van der Waals surface area contributed by atoms with E-state index in [2.05, 4.69) is 16.0 Å². The highest BCUT2D eigenvalue weighted by Gasteiger charge is 2.17. The van der Waals surface area contributed by atoms with Crippen LogP contribution in [0.5, 0.6) is 0 Å². The zero-order valence-corrected chi connectivity index (χ0v) is 16.5. The van der Waals surface area contributed by atoms with Crippen molar-refractivity contribution in [3.63, 3.8) is 0 Å². The zero-order valence-electron chi connectivity index (χ0n) is 16.5. The lowest BCUT2D eigenvalue weighted by molar-refractivity contribution is 0.220. The highest BCUT2D eigenvalue weighted by molar-refractivity contribution is 5.93. The van der Waals surface area contributed by atoms with E-state index in [1.54, 1.807) is 0 Å². The number of rotatable bonds is 2. The van der Waals surface area contributed by atoms with Crippen molar-refractivity contribution in [2.45, 2.75) is 121 Å². The minimum atomic E-state index is -0.341. The van der Waals surface area contributed by atoms with Crippen LogP contribution in [0.3, 0.4) is 0 Å². The molecule has 0 bridgehead atoms. The molecule has 0 saturated heterocycles. The van der Waals surface area contributed by atoms with Gasteiger partial charge in [-0.3, -0.25) is 5.32 Å². The maximum atomic E-state index is 12.2. The van der Waals surface area contributed by atoms with Gasteiger partial charge in [0.15, 0.2) is 0 Å². The second kappa shape index (κ2) is 13.0. The summed E-state index contributed by atoms with van der Waals surface area (Å²) in [6.45, 7) is 0. The predicted molar refractivity (Wildman–Crippen MR) is 106 cm³/mol. The maximum absolute atomic E-state index is 12.2. The van der Waals surface area contributed by atoms with E-state index in [9.17, 15) is 9.59 Å². The molecule has 2 aliphatic carbocycles. The Balaban J connectivity index is 1.69. The van der Waals surface area contributed by atoms with E-state index >= 15 is 0 Å². The Morgan fingerprint density at radius 2 is 0.731 bits per heavy atom. The van der Waals surface area contributed by atoms with Crippen LogP contribution in [-0.2, 0) is 0 Å². The van der Waals surface area contributed by atoms with Gasteiger partial charge < -0.3 is 10.6 Å². The molecule has 2 aliphatic rings. The average Bonchev–Trinajstić information content (AvgIpc) is 2.74. The van der Waals surface area contributed by atoms with Crippen molar-refractivity contribution >= 4 is 12.1 Å². The molecule has 0 unspecified atom stereocenters. The summed E-state index contributed by atoms with van der Waals surface area (Å²) in [5, 5.41) is 8.53. The first kappa shape index (κ1) is 21.0. The van der Waals surface area contributed by atoms with Crippen molar-refractivity contribution in [1.29, 1.82) is 0 Å². The van der Waals surface area contributed by atoms with Gasteiger partial charge in [-0.15, -0.1) is 0 Å². The second-order valence-electron chi connectivity index (χ2n) is 8.22. The smallest absolute Gasteiger partial charge is 0.323 e. The van der Waals surface area contributed by atoms with Crippen molar-refractivity contribution in [2.75, 3.05) is 0 Å². The third-order valence-corrected chi connectivity index (χ3v) is 5.86. The zero-order chi connectivity index (χ0) is 18.5. The molecule has 26 heavy (non-hydrogen) atoms. The Morgan fingerprint density at radius 1 is 0.462 bits per heavy atom. The van der Waals surface area contributed by atoms with E-state index < -0.39 is 0 Å². The molecule has 2 saturated carbocycles. The molecule has 0 aromatic carbocycles. The van der Waals surface area contributed by atoms with Crippen LogP contribution in [0.4, 0.5) is 9.59 Å². The molecule has 0 aliphatic heterocycles. The first-order valence-corrected chi connectivity index (χ1v) is 11.1. The molecule has 2 rings (SSSR count). The molecule has 0 aromatic rings. The van der Waals surface area contributed by atoms with Crippen LogP contribution in [-0.4, -0.2) is 24.1 Å². The molecule has 5 heteroatoms. The molecule has 4 amide bonds. The van der Waals surface area contributed by atoms with Crippen LogP contribution in [0.2, 0.25) is 0 Å². The third kappa shape index (κ3) is 9.44. The van der Waals surface area contributed by atoms with Gasteiger partial charge in [-0.25, -0.2) is 9.59 Å². The van der Waals surface area contributed by atoms with Gasteiger partial charge in [0.25, 0.3) is 0 Å². The number of hydrogen-bond acceptors (Lipinski definition) is 2. The van der Waals surface area contributed by atoms with Gasteiger partial charge >= 0.3 is 12.1 Å². The van der Waals surface area contributed by atoms with Crippen molar-refractivity contribution < 1.29 is 9.59 Å². The summed E-state index contributed by atoms with van der Waals surface area (Å²) >= 11 is 0. The fraction of sp³-hybridized carbons (Fsp3) is 0.905. The molecule has 0 heterocycles. The topological polar surface area (TPSA) is 70.2 Å².